The van der Waals surface area contributed by atoms with Crippen molar-refractivity contribution in [3.63, 3.8) is 0 Å². The van der Waals surface area contributed by atoms with E-state index in [4.69, 9.17) is 11.6 Å². The molecule has 0 unspecified atom stereocenters. The van der Waals surface area contributed by atoms with Crippen LogP contribution in [0.4, 0.5) is 0 Å². The Hall–Kier alpha value is -1.21. The molecule has 1 heterocycles. The van der Waals surface area contributed by atoms with Gasteiger partial charge in [0.2, 0.25) is 0 Å². The van der Waals surface area contributed by atoms with E-state index in [1.807, 2.05) is 41.2 Å². The molecule has 0 saturated heterocycles. The third kappa shape index (κ3) is 1.61. The minimum absolute atomic E-state index is 0.779. The fourth-order valence-corrected chi connectivity index (χ4v) is 1.53. The predicted octanol–water partition coefficient (Wildman–Crippen LogP) is 3.44. The van der Waals surface area contributed by atoms with Crippen molar-refractivity contribution in [1.29, 1.82) is 0 Å². The van der Waals surface area contributed by atoms with Gasteiger partial charge in [0.05, 0.1) is 10.7 Å². The highest BCUT2D eigenvalue weighted by molar-refractivity contribution is 6.32. The summed E-state index contributed by atoms with van der Waals surface area (Å²) in [5.41, 5.74) is 2.25. The van der Waals surface area contributed by atoms with E-state index in [9.17, 15) is 0 Å². The predicted molar refractivity (Wildman–Crippen MR) is 55.5 cm³/mol. The fourth-order valence-electron chi connectivity index (χ4n) is 1.32. The smallest absolute Gasteiger partial charge is 0.0646 e. The molecule has 0 spiro atoms. The number of halogens is 1. The molecule has 2 rings (SSSR count). The fraction of sp³-hybridized carbons (Fsp3) is 0.0909. The van der Waals surface area contributed by atoms with Crippen molar-refractivity contribution < 1.29 is 0 Å². The van der Waals surface area contributed by atoms with Crippen molar-refractivity contribution in [2.24, 2.45) is 0 Å². The second-order valence-electron chi connectivity index (χ2n) is 3.05. The summed E-state index contributed by atoms with van der Waals surface area (Å²) in [4.78, 5) is 0. The van der Waals surface area contributed by atoms with Crippen LogP contribution >= 0.6 is 11.6 Å². The summed E-state index contributed by atoms with van der Waals surface area (Å²) in [5, 5.41) is 0.779. The van der Waals surface area contributed by atoms with Gasteiger partial charge in [-0.3, -0.25) is 0 Å². The van der Waals surface area contributed by atoms with Crippen LogP contribution in [0.5, 0.6) is 0 Å². The summed E-state index contributed by atoms with van der Waals surface area (Å²) >= 11 is 6.07. The Morgan fingerprint density at radius 1 is 1.15 bits per heavy atom. The first-order chi connectivity index (χ1) is 6.27. The summed E-state index contributed by atoms with van der Waals surface area (Å²) < 4.78 is 2.01. The van der Waals surface area contributed by atoms with E-state index < -0.39 is 0 Å². The molecule has 2 heteroatoms. The molecule has 0 saturated carbocycles. The minimum Gasteiger partial charge on any atom is -0.322 e. The molecule has 0 amide bonds. The zero-order valence-electron chi connectivity index (χ0n) is 7.37. The van der Waals surface area contributed by atoms with E-state index in [1.165, 1.54) is 5.56 Å². The first-order valence-corrected chi connectivity index (χ1v) is 4.54. The minimum atomic E-state index is 0.779. The van der Waals surface area contributed by atoms with Gasteiger partial charge in [-0.25, -0.2) is 0 Å². The topological polar surface area (TPSA) is 4.93 Å². The van der Waals surface area contributed by atoms with Crippen LogP contribution in [0.3, 0.4) is 0 Å². The molecular formula is C11H10ClN. The second kappa shape index (κ2) is 3.27. The molecule has 0 atom stereocenters. The molecule has 13 heavy (non-hydrogen) atoms. The summed E-state index contributed by atoms with van der Waals surface area (Å²) in [6, 6.07) is 9.97. The maximum Gasteiger partial charge on any atom is 0.0646 e. The molecule has 66 valence electrons. The third-order valence-corrected chi connectivity index (χ3v) is 2.30. The lowest BCUT2D eigenvalue weighted by molar-refractivity contribution is 1.08. The van der Waals surface area contributed by atoms with Gasteiger partial charge in [0.25, 0.3) is 0 Å². The zero-order valence-corrected chi connectivity index (χ0v) is 8.12. The van der Waals surface area contributed by atoms with Crippen LogP contribution in [0.2, 0.25) is 5.02 Å². The monoisotopic (exact) mass is 191 g/mol. The van der Waals surface area contributed by atoms with Crippen molar-refractivity contribution in [3.8, 4) is 5.69 Å². The molecule has 1 aromatic carbocycles. The Balaban J connectivity index is 2.57. The number of benzene rings is 1. The molecule has 0 fully saturated rings. The van der Waals surface area contributed by atoms with Crippen LogP contribution < -0.4 is 0 Å². The van der Waals surface area contributed by atoms with Crippen molar-refractivity contribution in [2.75, 3.05) is 0 Å². The Bertz CT molecular complexity index is 404. The Kier molecular flexibility index (Phi) is 2.11. The van der Waals surface area contributed by atoms with Crippen LogP contribution in [0, 0.1) is 6.92 Å². The molecule has 0 aliphatic heterocycles. The third-order valence-electron chi connectivity index (χ3n) is 1.98. The number of rotatable bonds is 1. The Morgan fingerprint density at radius 3 is 2.54 bits per heavy atom. The van der Waals surface area contributed by atoms with E-state index in [0.717, 1.165) is 10.7 Å². The Morgan fingerprint density at radius 2 is 1.85 bits per heavy atom. The van der Waals surface area contributed by atoms with Crippen LogP contribution in [0.25, 0.3) is 5.69 Å². The summed E-state index contributed by atoms with van der Waals surface area (Å²) in [6.07, 6.45) is 3.97. The average Bonchev–Trinajstić information content (AvgIpc) is 2.61. The van der Waals surface area contributed by atoms with E-state index >= 15 is 0 Å². The van der Waals surface area contributed by atoms with E-state index in [1.54, 1.807) is 0 Å². The van der Waals surface area contributed by atoms with Gasteiger partial charge in [-0.2, -0.15) is 0 Å². The number of hydrogen-bond donors (Lipinski definition) is 0. The molecule has 1 aromatic heterocycles. The van der Waals surface area contributed by atoms with Gasteiger partial charge in [-0.1, -0.05) is 17.7 Å². The maximum atomic E-state index is 6.07. The molecule has 0 aliphatic carbocycles. The Labute approximate surface area is 82.6 Å². The maximum absolute atomic E-state index is 6.07. The highest BCUT2D eigenvalue weighted by Gasteiger charge is 2.00. The standard InChI is InChI=1S/C11H10ClN/c1-9-4-5-10(12)11(8-9)13-6-2-3-7-13/h2-8H,1H3. The highest BCUT2D eigenvalue weighted by Crippen LogP contribution is 2.21. The van der Waals surface area contributed by atoms with Gasteiger partial charge in [0, 0.05) is 12.4 Å². The van der Waals surface area contributed by atoms with Crippen LogP contribution in [-0.2, 0) is 0 Å². The summed E-state index contributed by atoms with van der Waals surface area (Å²) in [7, 11) is 0. The molecule has 0 N–H and O–H groups in total. The summed E-state index contributed by atoms with van der Waals surface area (Å²) in [5.74, 6) is 0. The highest BCUT2D eigenvalue weighted by atomic mass is 35.5. The molecule has 1 nitrogen and oxygen atoms in total. The van der Waals surface area contributed by atoms with E-state index in [2.05, 4.69) is 13.0 Å². The van der Waals surface area contributed by atoms with Gasteiger partial charge in [0.1, 0.15) is 0 Å². The lowest BCUT2D eigenvalue weighted by Gasteiger charge is -2.06. The first-order valence-electron chi connectivity index (χ1n) is 4.17. The van der Waals surface area contributed by atoms with Crippen LogP contribution in [-0.4, -0.2) is 4.57 Å². The van der Waals surface area contributed by atoms with Gasteiger partial charge < -0.3 is 4.57 Å². The van der Waals surface area contributed by atoms with E-state index in [0.29, 0.717) is 0 Å². The van der Waals surface area contributed by atoms with Gasteiger partial charge in [0.15, 0.2) is 0 Å². The van der Waals surface area contributed by atoms with E-state index in [-0.39, 0.29) is 0 Å². The van der Waals surface area contributed by atoms with Crippen LogP contribution in [0.1, 0.15) is 5.56 Å². The van der Waals surface area contributed by atoms with Crippen LogP contribution in [0.15, 0.2) is 42.7 Å². The molecular weight excluding hydrogens is 182 g/mol. The molecule has 2 aromatic rings. The lowest BCUT2D eigenvalue weighted by atomic mass is 10.2. The average molecular weight is 192 g/mol. The number of aryl methyl sites for hydroxylation is 1. The number of nitrogens with zero attached hydrogens (tertiary/aromatic N) is 1. The SMILES string of the molecule is Cc1ccc(Cl)c(-n2cccc2)c1. The van der Waals surface area contributed by atoms with Crippen molar-refractivity contribution in [3.05, 3.63) is 53.3 Å². The van der Waals surface area contributed by atoms with Gasteiger partial charge >= 0.3 is 0 Å². The molecule has 0 aliphatic rings. The lowest BCUT2D eigenvalue weighted by Crippen LogP contribution is -1.91. The quantitative estimate of drug-likeness (QED) is 0.651. The normalized spacial score (nSPS) is 10.3. The van der Waals surface area contributed by atoms with Crippen molar-refractivity contribution in [2.45, 2.75) is 6.92 Å². The largest absolute Gasteiger partial charge is 0.322 e. The number of hydrogen-bond acceptors (Lipinski definition) is 0. The first kappa shape index (κ1) is 8.39. The molecule has 0 bridgehead atoms. The van der Waals surface area contributed by atoms with Gasteiger partial charge in [-0.05, 0) is 36.8 Å². The van der Waals surface area contributed by atoms with Crippen molar-refractivity contribution in [1.82, 2.24) is 4.57 Å². The van der Waals surface area contributed by atoms with Crippen molar-refractivity contribution >= 4 is 11.6 Å². The summed E-state index contributed by atoms with van der Waals surface area (Å²) in [6.45, 7) is 2.06. The van der Waals surface area contributed by atoms with Gasteiger partial charge in [-0.15, -0.1) is 0 Å². The molecule has 0 radical (unpaired) electrons. The second-order valence-corrected chi connectivity index (χ2v) is 3.45. The number of aromatic nitrogens is 1. The zero-order chi connectivity index (χ0) is 9.26.